The van der Waals surface area contributed by atoms with E-state index in [2.05, 4.69) is 21.3 Å². The first kappa shape index (κ1) is 26.7. The summed E-state index contributed by atoms with van der Waals surface area (Å²) < 4.78 is 10.2. The second-order valence-corrected chi connectivity index (χ2v) is 9.06. The van der Waals surface area contributed by atoms with Gasteiger partial charge in [-0.05, 0) is 59.2 Å². The van der Waals surface area contributed by atoms with Crippen LogP contribution in [0.25, 0.3) is 0 Å². The van der Waals surface area contributed by atoms with E-state index < -0.39 is 29.3 Å². The van der Waals surface area contributed by atoms with Gasteiger partial charge in [0.2, 0.25) is 11.8 Å². The Bertz CT molecular complexity index is 794. The molecule has 0 radical (unpaired) electrons. The van der Waals surface area contributed by atoms with Crippen LogP contribution in [0.1, 0.15) is 53.5 Å². The molecule has 0 fully saturated rings. The lowest BCUT2D eigenvalue weighted by Crippen LogP contribution is -2.37. The Labute approximate surface area is 188 Å². The highest BCUT2D eigenvalue weighted by Crippen LogP contribution is 2.10. The van der Waals surface area contributed by atoms with Gasteiger partial charge in [-0.25, -0.2) is 9.59 Å². The summed E-state index contributed by atoms with van der Waals surface area (Å²) in [4.78, 5) is 46.9. The standard InChI is InChI=1S/C22H34N4O6/c1-21(2,3)31-19(29)23-12-11-17(27)24-13-15-7-9-16(10-8-15)26-18(28)14-25-20(30)32-22(4,5)6/h7-10H,11-14H2,1-6H3,(H,23,29)(H,24,27)(H,25,30)(H,26,28). The van der Waals surface area contributed by atoms with Crippen LogP contribution in [0.3, 0.4) is 0 Å². The van der Waals surface area contributed by atoms with Gasteiger partial charge >= 0.3 is 12.2 Å². The summed E-state index contributed by atoms with van der Waals surface area (Å²) >= 11 is 0. The molecule has 0 spiro atoms. The van der Waals surface area contributed by atoms with Crippen LogP contribution >= 0.6 is 0 Å². The summed E-state index contributed by atoms with van der Waals surface area (Å²) in [5.41, 5.74) is 0.161. The lowest BCUT2D eigenvalue weighted by molar-refractivity contribution is -0.121. The van der Waals surface area contributed by atoms with Crippen LogP contribution in [-0.4, -0.2) is 48.3 Å². The summed E-state index contributed by atoms with van der Waals surface area (Å²) in [5, 5.41) is 10.3. The van der Waals surface area contributed by atoms with E-state index in [1.54, 1.807) is 65.8 Å². The van der Waals surface area contributed by atoms with Gasteiger partial charge < -0.3 is 30.7 Å². The Morgan fingerprint density at radius 2 is 1.28 bits per heavy atom. The van der Waals surface area contributed by atoms with Crippen molar-refractivity contribution in [3.63, 3.8) is 0 Å². The van der Waals surface area contributed by atoms with E-state index >= 15 is 0 Å². The number of amides is 4. The molecule has 32 heavy (non-hydrogen) atoms. The second kappa shape index (κ2) is 11.9. The average molecular weight is 451 g/mol. The molecule has 0 heterocycles. The quantitative estimate of drug-likeness (QED) is 0.481. The smallest absolute Gasteiger partial charge is 0.408 e. The largest absolute Gasteiger partial charge is 0.444 e. The fourth-order valence-electron chi connectivity index (χ4n) is 2.26. The summed E-state index contributed by atoms with van der Waals surface area (Å²) in [6.07, 6.45) is -1.11. The molecule has 4 N–H and O–H groups in total. The second-order valence-electron chi connectivity index (χ2n) is 9.06. The van der Waals surface area contributed by atoms with E-state index in [-0.39, 0.29) is 25.4 Å². The summed E-state index contributed by atoms with van der Waals surface area (Å²) in [6, 6.07) is 6.90. The number of benzene rings is 1. The normalized spacial score (nSPS) is 11.2. The molecule has 178 valence electrons. The third-order valence-electron chi connectivity index (χ3n) is 3.54. The first-order valence-corrected chi connectivity index (χ1v) is 10.3. The fourth-order valence-corrected chi connectivity index (χ4v) is 2.26. The Balaban J connectivity index is 2.31. The van der Waals surface area contributed by atoms with Crippen LogP contribution in [0.4, 0.5) is 15.3 Å². The number of carbonyl (C=O) groups is 4. The van der Waals surface area contributed by atoms with Crippen LogP contribution in [0.15, 0.2) is 24.3 Å². The number of carbonyl (C=O) groups excluding carboxylic acids is 4. The predicted molar refractivity (Wildman–Crippen MR) is 120 cm³/mol. The number of hydrogen-bond donors (Lipinski definition) is 4. The highest BCUT2D eigenvalue weighted by atomic mass is 16.6. The minimum absolute atomic E-state index is 0.123. The van der Waals surface area contributed by atoms with E-state index in [9.17, 15) is 19.2 Å². The Hall–Kier alpha value is -3.30. The Kier molecular flexibility index (Phi) is 9.96. The van der Waals surface area contributed by atoms with Crippen molar-refractivity contribution >= 4 is 29.7 Å². The number of alkyl carbamates (subject to hydrolysis) is 2. The molecule has 0 saturated carbocycles. The summed E-state index contributed by atoms with van der Waals surface area (Å²) in [7, 11) is 0. The maximum atomic E-state index is 11.9. The van der Waals surface area contributed by atoms with Crippen molar-refractivity contribution in [3.05, 3.63) is 29.8 Å². The molecule has 1 aromatic rings. The van der Waals surface area contributed by atoms with Crippen LogP contribution < -0.4 is 21.3 Å². The van der Waals surface area contributed by atoms with Gasteiger partial charge in [0.25, 0.3) is 0 Å². The molecule has 0 bridgehead atoms. The van der Waals surface area contributed by atoms with E-state index in [4.69, 9.17) is 9.47 Å². The van der Waals surface area contributed by atoms with Gasteiger partial charge in [0, 0.05) is 25.2 Å². The third-order valence-corrected chi connectivity index (χ3v) is 3.54. The van der Waals surface area contributed by atoms with Crippen molar-refractivity contribution in [2.24, 2.45) is 0 Å². The van der Waals surface area contributed by atoms with Crippen molar-refractivity contribution in [3.8, 4) is 0 Å². The van der Waals surface area contributed by atoms with Crippen LogP contribution in [-0.2, 0) is 25.6 Å². The van der Waals surface area contributed by atoms with E-state index in [1.807, 2.05) is 0 Å². The van der Waals surface area contributed by atoms with Gasteiger partial charge in [-0.1, -0.05) is 12.1 Å². The maximum Gasteiger partial charge on any atom is 0.408 e. The highest BCUT2D eigenvalue weighted by molar-refractivity contribution is 5.93. The molecule has 10 nitrogen and oxygen atoms in total. The van der Waals surface area contributed by atoms with Crippen molar-refractivity contribution in [2.45, 2.75) is 65.7 Å². The van der Waals surface area contributed by atoms with Crippen LogP contribution in [0, 0.1) is 0 Å². The first-order chi connectivity index (χ1) is 14.7. The zero-order valence-corrected chi connectivity index (χ0v) is 19.6. The molecule has 1 aromatic carbocycles. The number of rotatable bonds is 8. The molecule has 0 unspecified atom stereocenters. The fraction of sp³-hybridized carbons (Fsp3) is 0.545. The predicted octanol–water partition coefficient (Wildman–Crippen LogP) is 2.68. The van der Waals surface area contributed by atoms with E-state index in [1.165, 1.54) is 0 Å². The van der Waals surface area contributed by atoms with Gasteiger partial charge in [0.15, 0.2) is 0 Å². The monoisotopic (exact) mass is 450 g/mol. The molecular formula is C22H34N4O6. The number of ether oxygens (including phenoxy) is 2. The lowest BCUT2D eigenvalue weighted by atomic mass is 10.2. The maximum absolute atomic E-state index is 11.9. The molecule has 10 heteroatoms. The zero-order chi connectivity index (χ0) is 24.4. The van der Waals surface area contributed by atoms with Gasteiger partial charge in [0.05, 0.1) is 0 Å². The molecular weight excluding hydrogens is 416 g/mol. The lowest BCUT2D eigenvalue weighted by Gasteiger charge is -2.19. The van der Waals surface area contributed by atoms with Gasteiger partial charge in [0.1, 0.15) is 17.7 Å². The third kappa shape index (κ3) is 13.1. The zero-order valence-electron chi connectivity index (χ0n) is 19.6. The molecule has 0 aromatic heterocycles. The molecule has 0 aliphatic heterocycles. The topological polar surface area (TPSA) is 135 Å². The van der Waals surface area contributed by atoms with Crippen molar-refractivity contribution < 1.29 is 28.7 Å². The molecule has 4 amide bonds. The Morgan fingerprint density at radius 3 is 1.81 bits per heavy atom. The van der Waals surface area contributed by atoms with E-state index in [0.717, 1.165) is 5.56 Å². The first-order valence-electron chi connectivity index (χ1n) is 10.3. The number of anilines is 1. The van der Waals surface area contributed by atoms with Crippen molar-refractivity contribution in [2.75, 3.05) is 18.4 Å². The number of hydrogen-bond acceptors (Lipinski definition) is 6. The number of nitrogens with one attached hydrogen (secondary N) is 4. The minimum Gasteiger partial charge on any atom is -0.444 e. The molecule has 1 rings (SSSR count). The van der Waals surface area contributed by atoms with Crippen molar-refractivity contribution in [1.82, 2.24) is 16.0 Å². The van der Waals surface area contributed by atoms with Crippen molar-refractivity contribution in [1.29, 1.82) is 0 Å². The van der Waals surface area contributed by atoms with Crippen LogP contribution in [0.5, 0.6) is 0 Å². The van der Waals surface area contributed by atoms with Crippen LogP contribution in [0.2, 0.25) is 0 Å². The Morgan fingerprint density at radius 1 is 0.750 bits per heavy atom. The molecule has 0 aliphatic rings. The minimum atomic E-state index is -0.667. The van der Waals surface area contributed by atoms with Gasteiger partial charge in [-0.2, -0.15) is 0 Å². The molecule has 0 saturated heterocycles. The molecule has 0 atom stereocenters. The average Bonchev–Trinajstić information content (AvgIpc) is 2.63. The van der Waals surface area contributed by atoms with E-state index in [0.29, 0.717) is 12.2 Å². The SMILES string of the molecule is CC(C)(C)OC(=O)NCCC(=O)NCc1ccc(NC(=O)CNC(=O)OC(C)(C)C)cc1. The summed E-state index contributed by atoms with van der Waals surface area (Å²) in [5.74, 6) is -0.610. The van der Waals surface area contributed by atoms with Gasteiger partial charge in [-0.15, -0.1) is 0 Å². The molecule has 0 aliphatic carbocycles. The summed E-state index contributed by atoms with van der Waals surface area (Å²) in [6.45, 7) is 10.7. The highest BCUT2D eigenvalue weighted by Gasteiger charge is 2.17. The van der Waals surface area contributed by atoms with Gasteiger partial charge in [-0.3, -0.25) is 9.59 Å².